The minimum atomic E-state index is -0.358. The van der Waals surface area contributed by atoms with Gasteiger partial charge in [0, 0.05) is 16.3 Å². The second kappa shape index (κ2) is 9.39. The van der Waals surface area contributed by atoms with E-state index in [1.807, 2.05) is 6.07 Å². The van der Waals surface area contributed by atoms with Gasteiger partial charge in [-0.25, -0.2) is 0 Å². The molecule has 0 aliphatic carbocycles. The number of hydrazine groups is 1. The number of amides is 2. The Morgan fingerprint density at radius 1 is 0.963 bits per heavy atom. The van der Waals surface area contributed by atoms with Gasteiger partial charge in [-0.05, 0) is 36.4 Å². The molecule has 2 aromatic carbocycles. The van der Waals surface area contributed by atoms with E-state index in [2.05, 4.69) is 40.0 Å². The summed E-state index contributed by atoms with van der Waals surface area (Å²) in [5, 5.41) is 0.561. The number of carbonyl (C=O) groups excluding carboxylic acids is 2. The van der Waals surface area contributed by atoms with Crippen molar-refractivity contribution in [2.24, 2.45) is 0 Å². The van der Waals surface area contributed by atoms with Gasteiger partial charge in [-0.3, -0.25) is 20.4 Å². The highest BCUT2D eigenvalue weighted by molar-refractivity contribution is 6.30. The summed E-state index contributed by atoms with van der Waals surface area (Å²) in [5.41, 5.74) is 6.61. The fourth-order valence-electron chi connectivity index (χ4n) is 3.12. The van der Waals surface area contributed by atoms with Crippen molar-refractivity contribution in [2.75, 3.05) is 37.6 Å². The van der Waals surface area contributed by atoms with E-state index in [9.17, 15) is 9.59 Å². The number of rotatable bonds is 5. The van der Waals surface area contributed by atoms with Gasteiger partial charge in [-0.15, -0.1) is 0 Å². The molecule has 142 valence electrons. The standard InChI is InChI=1S/C20H23ClN4O2/c21-17-8-6-16(7-9-17)20(27)23-22-19(26)10-11-24-12-14-25(15-13-24)18-4-2-1-3-5-18/h1-9H,10-15H2,(H,22,26)(H,23,27)/p+1. The predicted octanol–water partition coefficient (Wildman–Crippen LogP) is 0.896. The minimum absolute atomic E-state index is 0.185. The first-order valence-electron chi connectivity index (χ1n) is 9.10. The summed E-state index contributed by atoms with van der Waals surface area (Å²) < 4.78 is 0. The third kappa shape index (κ3) is 5.70. The van der Waals surface area contributed by atoms with Gasteiger partial charge in [-0.2, -0.15) is 0 Å². The first kappa shape index (κ1) is 19.2. The van der Waals surface area contributed by atoms with Gasteiger partial charge in [0.2, 0.25) is 5.91 Å². The van der Waals surface area contributed by atoms with E-state index in [1.54, 1.807) is 24.3 Å². The van der Waals surface area contributed by atoms with E-state index in [4.69, 9.17) is 11.6 Å². The van der Waals surface area contributed by atoms with Crippen molar-refractivity contribution >= 4 is 29.1 Å². The molecule has 6 nitrogen and oxygen atoms in total. The van der Waals surface area contributed by atoms with Crippen molar-refractivity contribution in [3.8, 4) is 0 Å². The molecule has 1 aliphatic rings. The smallest absolute Gasteiger partial charge is 0.269 e. The van der Waals surface area contributed by atoms with Crippen LogP contribution in [0.5, 0.6) is 0 Å². The number of nitrogens with zero attached hydrogens (tertiary/aromatic N) is 1. The van der Waals surface area contributed by atoms with Gasteiger partial charge in [0.25, 0.3) is 5.91 Å². The third-order valence-electron chi connectivity index (χ3n) is 4.72. The fourth-order valence-corrected chi connectivity index (χ4v) is 3.25. The molecular weight excluding hydrogens is 364 g/mol. The van der Waals surface area contributed by atoms with Crippen LogP contribution in [-0.4, -0.2) is 44.5 Å². The van der Waals surface area contributed by atoms with Crippen molar-refractivity contribution in [3.05, 3.63) is 65.2 Å². The van der Waals surface area contributed by atoms with Crippen LogP contribution in [0.15, 0.2) is 54.6 Å². The van der Waals surface area contributed by atoms with E-state index in [0.717, 1.165) is 32.7 Å². The van der Waals surface area contributed by atoms with Crippen molar-refractivity contribution in [3.63, 3.8) is 0 Å². The molecule has 0 aromatic heterocycles. The number of hydrogen-bond donors (Lipinski definition) is 3. The molecule has 2 amide bonds. The molecule has 3 N–H and O–H groups in total. The van der Waals surface area contributed by atoms with Crippen LogP contribution in [0.1, 0.15) is 16.8 Å². The molecule has 0 atom stereocenters. The van der Waals surface area contributed by atoms with Crippen molar-refractivity contribution < 1.29 is 14.5 Å². The molecule has 27 heavy (non-hydrogen) atoms. The Kier molecular flexibility index (Phi) is 6.68. The summed E-state index contributed by atoms with van der Waals surface area (Å²) in [6, 6.07) is 16.9. The van der Waals surface area contributed by atoms with Gasteiger partial charge in [-0.1, -0.05) is 29.8 Å². The summed E-state index contributed by atoms with van der Waals surface area (Å²) in [4.78, 5) is 27.7. The maximum atomic E-state index is 12.0. The molecule has 1 fully saturated rings. The van der Waals surface area contributed by atoms with Gasteiger partial charge in [0.1, 0.15) is 0 Å². The monoisotopic (exact) mass is 387 g/mol. The first-order chi connectivity index (χ1) is 13.1. The number of carbonyl (C=O) groups is 2. The zero-order chi connectivity index (χ0) is 19.1. The highest BCUT2D eigenvalue weighted by Crippen LogP contribution is 2.12. The fraction of sp³-hybridized carbons (Fsp3) is 0.300. The van der Waals surface area contributed by atoms with E-state index in [0.29, 0.717) is 17.0 Å². The number of para-hydroxylation sites is 1. The van der Waals surface area contributed by atoms with Crippen LogP contribution in [0.25, 0.3) is 0 Å². The summed E-state index contributed by atoms with van der Waals surface area (Å²) >= 11 is 5.80. The Morgan fingerprint density at radius 3 is 2.30 bits per heavy atom. The van der Waals surface area contributed by atoms with Crippen LogP contribution < -0.4 is 20.7 Å². The number of hydrogen-bond acceptors (Lipinski definition) is 3. The van der Waals surface area contributed by atoms with Crippen LogP contribution >= 0.6 is 11.6 Å². The predicted molar refractivity (Wildman–Crippen MR) is 106 cm³/mol. The van der Waals surface area contributed by atoms with Crippen LogP contribution in [0.3, 0.4) is 0 Å². The lowest BCUT2D eigenvalue weighted by Crippen LogP contribution is -3.15. The van der Waals surface area contributed by atoms with Crippen LogP contribution in [-0.2, 0) is 4.79 Å². The van der Waals surface area contributed by atoms with Gasteiger partial charge in [0.05, 0.1) is 39.1 Å². The molecule has 0 spiro atoms. The molecule has 2 aromatic rings. The lowest BCUT2D eigenvalue weighted by Gasteiger charge is -2.33. The maximum Gasteiger partial charge on any atom is 0.269 e. The van der Waals surface area contributed by atoms with Gasteiger partial charge in [0.15, 0.2) is 0 Å². The zero-order valence-electron chi connectivity index (χ0n) is 15.1. The van der Waals surface area contributed by atoms with E-state index >= 15 is 0 Å². The summed E-state index contributed by atoms with van der Waals surface area (Å²) in [7, 11) is 0. The molecule has 0 unspecified atom stereocenters. The summed E-state index contributed by atoms with van der Waals surface area (Å²) in [6.07, 6.45) is 0.377. The van der Waals surface area contributed by atoms with Crippen LogP contribution in [0.2, 0.25) is 5.02 Å². The summed E-state index contributed by atoms with van der Waals surface area (Å²) in [5.74, 6) is -0.542. The normalized spacial score (nSPS) is 14.6. The largest absolute Gasteiger partial charge is 0.360 e. The highest BCUT2D eigenvalue weighted by Gasteiger charge is 2.20. The number of nitrogens with one attached hydrogen (secondary N) is 3. The number of piperazine rings is 1. The number of benzene rings is 2. The molecule has 3 rings (SSSR count). The third-order valence-corrected chi connectivity index (χ3v) is 4.97. The molecule has 1 heterocycles. The van der Waals surface area contributed by atoms with E-state index in [1.165, 1.54) is 10.6 Å². The highest BCUT2D eigenvalue weighted by atomic mass is 35.5. The zero-order valence-corrected chi connectivity index (χ0v) is 15.8. The number of anilines is 1. The van der Waals surface area contributed by atoms with Gasteiger partial charge >= 0.3 is 0 Å². The Hall–Kier alpha value is -2.57. The quantitative estimate of drug-likeness (QED) is 0.668. The van der Waals surface area contributed by atoms with E-state index < -0.39 is 0 Å². The lowest BCUT2D eigenvalue weighted by molar-refractivity contribution is -0.900. The molecule has 0 bridgehead atoms. The second-order valence-corrected chi connectivity index (χ2v) is 7.02. The number of halogens is 1. The average molecular weight is 388 g/mol. The van der Waals surface area contributed by atoms with Crippen molar-refractivity contribution in [2.45, 2.75) is 6.42 Å². The van der Waals surface area contributed by atoms with Crippen LogP contribution in [0.4, 0.5) is 5.69 Å². The molecule has 1 saturated heterocycles. The average Bonchev–Trinajstić information content (AvgIpc) is 2.72. The Bertz CT molecular complexity index is 759. The second-order valence-electron chi connectivity index (χ2n) is 6.58. The SMILES string of the molecule is O=C(CC[NH+]1CCN(c2ccccc2)CC1)NNC(=O)c1ccc(Cl)cc1. The molecule has 1 aliphatic heterocycles. The molecule has 0 saturated carbocycles. The van der Waals surface area contributed by atoms with Crippen molar-refractivity contribution in [1.82, 2.24) is 10.9 Å². The number of quaternary nitrogens is 1. The topological polar surface area (TPSA) is 65.9 Å². The minimum Gasteiger partial charge on any atom is -0.360 e. The molecule has 7 heteroatoms. The van der Waals surface area contributed by atoms with E-state index in [-0.39, 0.29) is 11.8 Å². The maximum absolute atomic E-state index is 12.0. The lowest BCUT2D eigenvalue weighted by atomic mass is 10.2. The first-order valence-corrected chi connectivity index (χ1v) is 9.48. The molecular formula is C20H24ClN4O2+. The van der Waals surface area contributed by atoms with Crippen LogP contribution in [0, 0.1) is 0 Å². The van der Waals surface area contributed by atoms with Gasteiger partial charge < -0.3 is 9.80 Å². The Morgan fingerprint density at radius 2 is 1.63 bits per heavy atom. The Balaban J connectivity index is 1.35. The Labute approximate surface area is 164 Å². The molecule has 0 radical (unpaired) electrons. The summed E-state index contributed by atoms with van der Waals surface area (Å²) in [6.45, 7) is 4.71. The van der Waals surface area contributed by atoms with Crippen molar-refractivity contribution in [1.29, 1.82) is 0 Å².